The molecule has 1 aromatic heterocycles. The van der Waals surface area contributed by atoms with Gasteiger partial charge < -0.3 is 15.2 Å². The average molecular weight is 362 g/mol. The molecule has 1 atom stereocenters. The lowest BCUT2D eigenvalue weighted by Crippen LogP contribution is -2.53. The number of rotatable bonds is 6. The van der Waals surface area contributed by atoms with Crippen LogP contribution in [0.5, 0.6) is 5.75 Å². The Morgan fingerprint density at radius 2 is 2.19 bits per heavy atom. The Balaban J connectivity index is 1.50. The summed E-state index contributed by atoms with van der Waals surface area (Å²) in [7, 11) is 1.78. The number of β-amino-alcohol motifs (C(OH)–C–C–N with tert-alkyl or cyclic N) is 1. The number of piperidine rings is 1. The zero-order valence-corrected chi connectivity index (χ0v) is 14.7. The minimum atomic E-state index is -1.04. The van der Waals surface area contributed by atoms with Crippen molar-refractivity contribution in [3.63, 3.8) is 0 Å². The zero-order chi connectivity index (χ0) is 18.6. The molecule has 1 fully saturated rings. The molecule has 7 nitrogen and oxygen atoms in total. The van der Waals surface area contributed by atoms with Crippen molar-refractivity contribution in [2.45, 2.75) is 18.4 Å². The molecule has 3 rings (SSSR count). The number of aliphatic hydroxyl groups is 1. The Morgan fingerprint density at radius 1 is 1.42 bits per heavy atom. The maximum absolute atomic E-state index is 12.9. The summed E-state index contributed by atoms with van der Waals surface area (Å²) >= 11 is 0. The second kappa shape index (κ2) is 7.84. The average Bonchev–Trinajstić information content (AvgIpc) is 2.99. The second-order valence-corrected chi connectivity index (χ2v) is 6.73. The van der Waals surface area contributed by atoms with Gasteiger partial charge in [0.05, 0.1) is 18.4 Å². The summed E-state index contributed by atoms with van der Waals surface area (Å²) < 4.78 is 20.1. The number of nitrogens with one attached hydrogen (secondary N) is 1. The normalized spacial score (nSPS) is 20.7. The first-order valence-corrected chi connectivity index (χ1v) is 8.53. The number of halogens is 1. The van der Waals surface area contributed by atoms with Crippen molar-refractivity contribution >= 4 is 11.6 Å². The van der Waals surface area contributed by atoms with E-state index in [1.807, 2.05) is 4.90 Å². The molecule has 26 heavy (non-hydrogen) atoms. The van der Waals surface area contributed by atoms with Gasteiger partial charge in [-0.05, 0) is 43.7 Å². The van der Waals surface area contributed by atoms with Crippen molar-refractivity contribution in [2.75, 3.05) is 31.6 Å². The van der Waals surface area contributed by atoms with Gasteiger partial charge in [0.1, 0.15) is 23.8 Å². The van der Waals surface area contributed by atoms with E-state index in [9.17, 15) is 14.3 Å². The van der Waals surface area contributed by atoms with Crippen molar-refractivity contribution in [1.82, 2.24) is 14.7 Å². The number of nitrogens with zero attached hydrogens (tertiary/aromatic N) is 3. The first-order chi connectivity index (χ1) is 12.4. The Morgan fingerprint density at radius 3 is 2.88 bits per heavy atom. The molecule has 1 saturated heterocycles. The zero-order valence-electron chi connectivity index (χ0n) is 14.7. The highest BCUT2D eigenvalue weighted by Gasteiger charge is 2.34. The van der Waals surface area contributed by atoms with Gasteiger partial charge in [-0.2, -0.15) is 5.10 Å². The summed E-state index contributed by atoms with van der Waals surface area (Å²) in [5.74, 6) is 0.0208. The van der Waals surface area contributed by atoms with Crippen molar-refractivity contribution in [2.24, 2.45) is 7.05 Å². The third kappa shape index (κ3) is 5.03. The quantitative estimate of drug-likeness (QED) is 0.812. The van der Waals surface area contributed by atoms with Crippen LogP contribution >= 0.6 is 0 Å². The summed E-state index contributed by atoms with van der Waals surface area (Å²) in [5, 5.41) is 17.6. The van der Waals surface area contributed by atoms with Crippen molar-refractivity contribution in [3.8, 4) is 5.75 Å². The largest absolute Gasteiger partial charge is 0.491 e. The molecule has 0 unspecified atom stereocenters. The van der Waals surface area contributed by atoms with Crippen molar-refractivity contribution < 1.29 is 19.0 Å². The van der Waals surface area contributed by atoms with Gasteiger partial charge in [-0.1, -0.05) is 0 Å². The SMILES string of the molecule is Cn1cc(NC(=O)CN2CCC[C@](O)(COc3ccc(F)cc3)C2)cn1. The summed E-state index contributed by atoms with van der Waals surface area (Å²) in [6, 6.07) is 5.69. The third-order valence-corrected chi connectivity index (χ3v) is 4.31. The van der Waals surface area contributed by atoms with Crippen LogP contribution < -0.4 is 10.1 Å². The highest BCUT2D eigenvalue weighted by atomic mass is 19.1. The van der Waals surface area contributed by atoms with Gasteiger partial charge in [-0.15, -0.1) is 0 Å². The Bertz CT molecular complexity index is 749. The lowest BCUT2D eigenvalue weighted by Gasteiger charge is -2.38. The molecule has 0 bridgehead atoms. The third-order valence-electron chi connectivity index (χ3n) is 4.31. The molecule has 2 heterocycles. The minimum absolute atomic E-state index is 0.0966. The number of benzene rings is 1. The predicted molar refractivity (Wildman–Crippen MR) is 94.4 cm³/mol. The van der Waals surface area contributed by atoms with Crippen molar-refractivity contribution in [1.29, 1.82) is 0 Å². The predicted octanol–water partition coefficient (Wildman–Crippen LogP) is 1.40. The number of likely N-dealkylation sites (tertiary alicyclic amines) is 1. The fraction of sp³-hybridized carbons (Fsp3) is 0.444. The number of ether oxygens (including phenoxy) is 1. The number of hydrogen-bond acceptors (Lipinski definition) is 5. The van der Waals surface area contributed by atoms with Gasteiger partial charge in [0.15, 0.2) is 0 Å². The molecule has 0 spiro atoms. The molecular weight excluding hydrogens is 339 g/mol. The molecule has 140 valence electrons. The molecule has 1 aromatic carbocycles. The number of carbonyl (C=O) groups is 1. The Kier molecular flexibility index (Phi) is 5.53. The van der Waals surface area contributed by atoms with Crippen LogP contribution in [-0.2, 0) is 11.8 Å². The van der Waals surface area contributed by atoms with E-state index in [0.717, 1.165) is 13.0 Å². The number of anilines is 1. The molecule has 2 aromatic rings. The van der Waals surface area contributed by atoms with Gasteiger partial charge in [0.25, 0.3) is 0 Å². The van der Waals surface area contributed by atoms with Gasteiger partial charge in [-0.25, -0.2) is 4.39 Å². The van der Waals surface area contributed by atoms with Crippen LogP contribution in [0.4, 0.5) is 10.1 Å². The van der Waals surface area contributed by atoms with E-state index in [1.165, 1.54) is 24.3 Å². The van der Waals surface area contributed by atoms with Crippen LogP contribution in [0, 0.1) is 5.82 Å². The second-order valence-electron chi connectivity index (χ2n) is 6.73. The minimum Gasteiger partial charge on any atom is -0.491 e. The topological polar surface area (TPSA) is 79.6 Å². The lowest BCUT2D eigenvalue weighted by molar-refractivity contribution is -0.119. The van der Waals surface area contributed by atoms with E-state index in [-0.39, 0.29) is 24.9 Å². The smallest absolute Gasteiger partial charge is 0.238 e. The first kappa shape index (κ1) is 18.3. The summed E-state index contributed by atoms with van der Waals surface area (Å²) in [6.45, 7) is 1.36. The Hall–Kier alpha value is -2.45. The molecule has 2 N–H and O–H groups in total. The van der Waals surface area contributed by atoms with Crippen LogP contribution in [0.1, 0.15) is 12.8 Å². The molecule has 0 aliphatic carbocycles. The van der Waals surface area contributed by atoms with Gasteiger partial charge in [0.2, 0.25) is 5.91 Å². The van der Waals surface area contributed by atoms with Crippen LogP contribution in [0.25, 0.3) is 0 Å². The monoisotopic (exact) mass is 362 g/mol. The summed E-state index contributed by atoms with van der Waals surface area (Å²) in [5.41, 5.74) is -0.397. The molecule has 0 saturated carbocycles. The van der Waals surface area contributed by atoms with Gasteiger partial charge >= 0.3 is 0 Å². The number of aryl methyl sites for hydroxylation is 1. The van der Waals surface area contributed by atoms with E-state index in [4.69, 9.17) is 4.74 Å². The van der Waals surface area contributed by atoms with E-state index >= 15 is 0 Å². The number of hydrogen-bond donors (Lipinski definition) is 2. The molecule has 1 amide bonds. The number of aromatic nitrogens is 2. The maximum atomic E-state index is 12.9. The fourth-order valence-corrected chi connectivity index (χ4v) is 3.10. The van der Waals surface area contributed by atoms with Gasteiger partial charge in [-0.3, -0.25) is 14.4 Å². The molecule has 8 heteroatoms. The Labute approximate surface area is 151 Å². The summed E-state index contributed by atoms with van der Waals surface area (Å²) in [4.78, 5) is 14.1. The molecule has 0 radical (unpaired) electrons. The fourth-order valence-electron chi connectivity index (χ4n) is 3.10. The number of amides is 1. The van der Waals surface area contributed by atoms with E-state index < -0.39 is 5.60 Å². The highest BCUT2D eigenvalue weighted by molar-refractivity contribution is 5.91. The van der Waals surface area contributed by atoms with E-state index in [1.54, 1.807) is 24.1 Å². The molecular formula is C18H23FN4O3. The standard InChI is InChI=1S/C18H23FN4O3/c1-22-10-15(9-20-22)21-17(24)11-23-8-2-7-18(25,12-23)13-26-16-5-3-14(19)4-6-16/h3-6,9-10,25H,2,7-8,11-13H2,1H3,(H,21,24)/t18-/m1/s1. The van der Waals surface area contributed by atoms with E-state index in [0.29, 0.717) is 24.4 Å². The summed E-state index contributed by atoms with van der Waals surface area (Å²) in [6.07, 6.45) is 4.67. The maximum Gasteiger partial charge on any atom is 0.238 e. The van der Waals surface area contributed by atoms with Crippen LogP contribution in [-0.4, -0.2) is 57.5 Å². The van der Waals surface area contributed by atoms with Crippen LogP contribution in [0.15, 0.2) is 36.7 Å². The first-order valence-electron chi connectivity index (χ1n) is 8.53. The van der Waals surface area contributed by atoms with Gasteiger partial charge in [0, 0.05) is 19.8 Å². The van der Waals surface area contributed by atoms with Crippen LogP contribution in [0.2, 0.25) is 0 Å². The molecule has 1 aliphatic rings. The van der Waals surface area contributed by atoms with E-state index in [2.05, 4.69) is 10.4 Å². The lowest BCUT2D eigenvalue weighted by atomic mass is 9.93. The molecule has 1 aliphatic heterocycles. The number of carbonyl (C=O) groups excluding carboxylic acids is 1. The van der Waals surface area contributed by atoms with Crippen LogP contribution in [0.3, 0.4) is 0 Å². The highest BCUT2D eigenvalue weighted by Crippen LogP contribution is 2.23. The van der Waals surface area contributed by atoms with Crippen molar-refractivity contribution in [3.05, 3.63) is 42.5 Å².